The van der Waals surface area contributed by atoms with Gasteiger partial charge in [-0.25, -0.2) is 13.2 Å². The summed E-state index contributed by atoms with van der Waals surface area (Å²) in [6.45, 7) is 0.988. The van der Waals surface area contributed by atoms with Crippen LogP contribution >= 0.6 is 0 Å². The molecule has 0 radical (unpaired) electrons. The van der Waals surface area contributed by atoms with Crippen LogP contribution in [0.2, 0.25) is 0 Å². The van der Waals surface area contributed by atoms with Crippen molar-refractivity contribution in [1.82, 2.24) is 5.32 Å². The van der Waals surface area contributed by atoms with Gasteiger partial charge < -0.3 is 15.5 Å². The number of carbonyl (C=O) groups excluding carboxylic acids is 1. The van der Waals surface area contributed by atoms with Gasteiger partial charge in [0.15, 0.2) is 11.6 Å². The summed E-state index contributed by atoms with van der Waals surface area (Å²) < 4.78 is 40.1. The van der Waals surface area contributed by atoms with Crippen LogP contribution in [-0.2, 0) is 5.60 Å². The first kappa shape index (κ1) is 16.8. The topological polar surface area (TPSA) is 69.6 Å². The number of phenols is 1. The molecule has 23 heavy (non-hydrogen) atoms. The van der Waals surface area contributed by atoms with Crippen molar-refractivity contribution >= 4 is 5.91 Å². The Morgan fingerprint density at radius 3 is 2.35 bits per heavy atom. The first-order chi connectivity index (χ1) is 10.7. The van der Waals surface area contributed by atoms with Gasteiger partial charge >= 0.3 is 0 Å². The van der Waals surface area contributed by atoms with Gasteiger partial charge in [0.1, 0.15) is 22.8 Å². The molecule has 2 aromatic carbocycles. The number of aliphatic hydroxyl groups is 1. The molecule has 2 rings (SSSR count). The van der Waals surface area contributed by atoms with Crippen molar-refractivity contribution in [3.05, 3.63) is 65.0 Å². The molecule has 0 spiro atoms. The van der Waals surface area contributed by atoms with E-state index in [1.807, 2.05) is 0 Å². The molecule has 0 heterocycles. The van der Waals surface area contributed by atoms with E-state index in [2.05, 4.69) is 5.32 Å². The quantitative estimate of drug-likeness (QED) is 0.809. The van der Waals surface area contributed by atoms with Gasteiger partial charge in [0.25, 0.3) is 5.91 Å². The number of carbonyl (C=O) groups is 1. The minimum absolute atomic E-state index is 0.316. The van der Waals surface area contributed by atoms with Crippen LogP contribution in [0.5, 0.6) is 5.75 Å². The molecule has 2 aromatic rings. The van der Waals surface area contributed by atoms with E-state index in [1.54, 1.807) is 0 Å². The van der Waals surface area contributed by atoms with Crippen molar-refractivity contribution in [2.45, 2.75) is 12.5 Å². The van der Waals surface area contributed by atoms with Crippen molar-refractivity contribution in [2.75, 3.05) is 6.54 Å². The Labute approximate surface area is 130 Å². The van der Waals surface area contributed by atoms with Gasteiger partial charge in [0, 0.05) is 0 Å². The molecule has 0 aliphatic heterocycles. The van der Waals surface area contributed by atoms with E-state index in [0.29, 0.717) is 5.56 Å². The Hall–Kier alpha value is -2.54. The van der Waals surface area contributed by atoms with Crippen LogP contribution in [0.25, 0.3) is 0 Å². The fourth-order valence-electron chi connectivity index (χ4n) is 2.00. The molecule has 0 saturated heterocycles. The summed E-state index contributed by atoms with van der Waals surface area (Å²) in [4.78, 5) is 11.9. The van der Waals surface area contributed by atoms with E-state index in [4.69, 9.17) is 0 Å². The molecule has 1 amide bonds. The lowest BCUT2D eigenvalue weighted by atomic mass is 9.96. The summed E-state index contributed by atoms with van der Waals surface area (Å²) in [5.41, 5.74) is -2.20. The third-order valence-corrected chi connectivity index (χ3v) is 3.36. The lowest BCUT2D eigenvalue weighted by Gasteiger charge is -2.24. The third-order valence-electron chi connectivity index (χ3n) is 3.36. The van der Waals surface area contributed by atoms with Crippen LogP contribution in [0.3, 0.4) is 0 Å². The zero-order valence-corrected chi connectivity index (χ0v) is 12.1. The van der Waals surface area contributed by atoms with Crippen LogP contribution in [0.4, 0.5) is 13.2 Å². The number of phenolic OH excluding ortho intramolecular Hbond substituents is 1. The molecule has 4 nitrogen and oxygen atoms in total. The second kappa shape index (κ2) is 6.29. The number of amides is 1. The SMILES string of the molecule is C[C@@](O)(CNC(=O)c1c(F)ccc(O)c1F)c1ccc(F)cc1. The highest BCUT2D eigenvalue weighted by atomic mass is 19.1. The molecule has 3 N–H and O–H groups in total. The molecule has 0 saturated carbocycles. The molecule has 122 valence electrons. The molecular formula is C16H14F3NO3. The Kier molecular flexibility index (Phi) is 4.60. The average molecular weight is 325 g/mol. The van der Waals surface area contributed by atoms with Crippen molar-refractivity contribution in [3.8, 4) is 5.75 Å². The van der Waals surface area contributed by atoms with Gasteiger partial charge in [-0.05, 0) is 36.8 Å². The number of aromatic hydroxyl groups is 1. The first-order valence-electron chi connectivity index (χ1n) is 6.66. The summed E-state index contributed by atoms with van der Waals surface area (Å²) in [6, 6.07) is 6.48. The summed E-state index contributed by atoms with van der Waals surface area (Å²) in [5, 5.41) is 21.7. The number of halogens is 3. The summed E-state index contributed by atoms with van der Waals surface area (Å²) in [5.74, 6) is -5.00. The van der Waals surface area contributed by atoms with Crippen LogP contribution < -0.4 is 5.32 Å². The van der Waals surface area contributed by atoms with Crippen molar-refractivity contribution in [2.24, 2.45) is 0 Å². The van der Waals surface area contributed by atoms with Gasteiger partial charge in [-0.2, -0.15) is 0 Å². The van der Waals surface area contributed by atoms with E-state index in [0.717, 1.165) is 24.3 Å². The standard InChI is InChI=1S/C16H14F3NO3/c1-16(23,9-2-4-10(17)5-3-9)8-20-15(22)13-11(18)6-7-12(21)14(13)19/h2-7,21,23H,8H2,1H3,(H,20,22)/t16-/m1/s1. The number of nitrogens with one attached hydrogen (secondary N) is 1. The largest absolute Gasteiger partial charge is 0.505 e. The zero-order chi connectivity index (χ0) is 17.2. The van der Waals surface area contributed by atoms with Gasteiger partial charge in [0.2, 0.25) is 0 Å². The highest BCUT2D eigenvalue weighted by molar-refractivity contribution is 5.95. The first-order valence-corrected chi connectivity index (χ1v) is 6.66. The zero-order valence-electron chi connectivity index (χ0n) is 12.1. The number of hydrogen-bond donors (Lipinski definition) is 3. The molecule has 7 heteroatoms. The molecule has 0 bridgehead atoms. The smallest absolute Gasteiger partial charge is 0.257 e. The summed E-state index contributed by atoms with van der Waals surface area (Å²) in [6.07, 6.45) is 0. The summed E-state index contributed by atoms with van der Waals surface area (Å²) in [7, 11) is 0. The number of rotatable bonds is 4. The maximum Gasteiger partial charge on any atom is 0.257 e. The molecule has 1 atom stereocenters. The van der Waals surface area contributed by atoms with Gasteiger partial charge in [0.05, 0.1) is 6.54 Å². The molecule has 0 aliphatic rings. The van der Waals surface area contributed by atoms with Crippen molar-refractivity contribution in [1.29, 1.82) is 0 Å². The van der Waals surface area contributed by atoms with E-state index in [1.165, 1.54) is 19.1 Å². The van der Waals surface area contributed by atoms with Crippen LogP contribution in [-0.4, -0.2) is 22.7 Å². The Balaban J connectivity index is 2.15. The second-order valence-corrected chi connectivity index (χ2v) is 5.22. The number of hydrogen-bond acceptors (Lipinski definition) is 3. The molecule has 0 fully saturated rings. The van der Waals surface area contributed by atoms with Gasteiger partial charge in [-0.15, -0.1) is 0 Å². The second-order valence-electron chi connectivity index (χ2n) is 5.22. The number of benzene rings is 2. The van der Waals surface area contributed by atoms with Crippen LogP contribution in [0, 0.1) is 17.5 Å². The van der Waals surface area contributed by atoms with Crippen LogP contribution in [0.15, 0.2) is 36.4 Å². The van der Waals surface area contributed by atoms with E-state index < -0.39 is 40.3 Å². The maximum absolute atomic E-state index is 13.6. The Morgan fingerprint density at radius 2 is 1.74 bits per heavy atom. The molecule has 0 unspecified atom stereocenters. The highest BCUT2D eigenvalue weighted by Crippen LogP contribution is 2.23. The lowest BCUT2D eigenvalue weighted by molar-refractivity contribution is 0.0523. The minimum atomic E-state index is -1.58. The van der Waals surface area contributed by atoms with Crippen LogP contribution in [0.1, 0.15) is 22.8 Å². The van der Waals surface area contributed by atoms with Gasteiger partial charge in [-0.1, -0.05) is 12.1 Å². The molecule has 0 aromatic heterocycles. The Morgan fingerprint density at radius 1 is 1.13 bits per heavy atom. The fraction of sp³-hybridized carbons (Fsp3) is 0.188. The monoisotopic (exact) mass is 325 g/mol. The van der Waals surface area contributed by atoms with Crippen molar-refractivity contribution in [3.63, 3.8) is 0 Å². The Bertz CT molecular complexity index is 730. The normalized spacial score (nSPS) is 13.4. The lowest BCUT2D eigenvalue weighted by Crippen LogP contribution is -2.39. The average Bonchev–Trinajstić information content (AvgIpc) is 2.50. The highest BCUT2D eigenvalue weighted by Gasteiger charge is 2.26. The predicted molar refractivity (Wildman–Crippen MR) is 76.3 cm³/mol. The maximum atomic E-state index is 13.6. The minimum Gasteiger partial charge on any atom is -0.505 e. The predicted octanol–water partition coefficient (Wildman–Crippen LogP) is 2.45. The van der Waals surface area contributed by atoms with E-state index in [-0.39, 0.29) is 6.54 Å². The summed E-state index contributed by atoms with van der Waals surface area (Å²) >= 11 is 0. The van der Waals surface area contributed by atoms with E-state index in [9.17, 15) is 28.2 Å². The fourth-order valence-corrected chi connectivity index (χ4v) is 2.00. The van der Waals surface area contributed by atoms with Crippen molar-refractivity contribution < 1.29 is 28.2 Å². The molecular weight excluding hydrogens is 311 g/mol. The molecule has 0 aliphatic carbocycles. The van der Waals surface area contributed by atoms with E-state index >= 15 is 0 Å². The van der Waals surface area contributed by atoms with Gasteiger partial charge in [-0.3, -0.25) is 4.79 Å². The third kappa shape index (κ3) is 3.62.